The minimum atomic E-state index is -0.946. The third-order valence-corrected chi connectivity index (χ3v) is 3.36. The van der Waals surface area contributed by atoms with E-state index in [9.17, 15) is 4.79 Å². The van der Waals surface area contributed by atoms with Crippen LogP contribution in [0.2, 0.25) is 0 Å². The van der Waals surface area contributed by atoms with Gasteiger partial charge in [-0.2, -0.15) is 11.8 Å². The van der Waals surface area contributed by atoms with E-state index in [2.05, 4.69) is 17.2 Å². The van der Waals surface area contributed by atoms with Crippen molar-refractivity contribution in [2.24, 2.45) is 0 Å². The smallest absolute Gasteiger partial charge is 0.335 e. The molecule has 0 aliphatic carbocycles. The minimum absolute atomic E-state index is 0.238. The SMILES string of the molecule is CSCC(C)n1nnc2cc(C(=O)O)ccc21. The first kappa shape index (κ1) is 11.9. The van der Waals surface area contributed by atoms with Gasteiger partial charge in [0, 0.05) is 5.75 Å². The monoisotopic (exact) mass is 251 g/mol. The molecule has 0 saturated carbocycles. The van der Waals surface area contributed by atoms with Crippen molar-refractivity contribution >= 4 is 28.8 Å². The first-order valence-electron chi connectivity index (χ1n) is 5.20. The maximum atomic E-state index is 10.8. The van der Waals surface area contributed by atoms with E-state index in [0.29, 0.717) is 5.52 Å². The van der Waals surface area contributed by atoms with Crippen LogP contribution in [0.4, 0.5) is 0 Å². The molecule has 0 aliphatic rings. The fraction of sp³-hybridized carbons (Fsp3) is 0.364. The van der Waals surface area contributed by atoms with Gasteiger partial charge in [-0.25, -0.2) is 9.48 Å². The molecule has 0 radical (unpaired) electrons. The number of hydrogen-bond donors (Lipinski definition) is 1. The van der Waals surface area contributed by atoms with Gasteiger partial charge >= 0.3 is 5.97 Å². The van der Waals surface area contributed by atoms with E-state index in [0.717, 1.165) is 11.3 Å². The average Bonchev–Trinajstić information content (AvgIpc) is 2.71. The molecule has 0 bridgehead atoms. The number of benzene rings is 1. The van der Waals surface area contributed by atoms with Crippen LogP contribution >= 0.6 is 11.8 Å². The number of carbonyl (C=O) groups is 1. The number of thioether (sulfide) groups is 1. The minimum Gasteiger partial charge on any atom is -0.478 e. The molecule has 0 spiro atoms. The van der Waals surface area contributed by atoms with E-state index in [1.165, 1.54) is 0 Å². The van der Waals surface area contributed by atoms with Crippen molar-refractivity contribution in [2.75, 3.05) is 12.0 Å². The lowest BCUT2D eigenvalue weighted by Gasteiger charge is -2.10. The van der Waals surface area contributed by atoms with Gasteiger partial charge in [0.1, 0.15) is 5.52 Å². The molecule has 1 N–H and O–H groups in total. The highest BCUT2D eigenvalue weighted by Crippen LogP contribution is 2.19. The molecule has 17 heavy (non-hydrogen) atoms. The quantitative estimate of drug-likeness (QED) is 0.900. The van der Waals surface area contributed by atoms with Crippen LogP contribution in [0.1, 0.15) is 23.3 Å². The lowest BCUT2D eigenvalue weighted by molar-refractivity contribution is 0.0697. The fourth-order valence-electron chi connectivity index (χ4n) is 1.71. The van der Waals surface area contributed by atoms with Gasteiger partial charge in [-0.1, -0.05) is 5.21 Å². The van der Waals surface area contributed by atoms with Crippen molar-refractivity contribution in [1.82, 2.24) is 15.0 Å². The number of aromatic carboxylic acids is 1. The van der Waals surface area contributed by atoms with Gasteiger partial charge < -0.3 is 5.11 Å². The van der Waals surface area contributed by atoms with Crippen LogP contribution in [0, 0.1) is 0 Å². The van der Waals surface area contributed by atoms with Gasteiger partial charge in [0.05, 0.1) is 17.1 Å². The Hall–Kier alpha value is -1.56. The van der Waals surface area contributed by atoms with Crippen LogP contribution in [0.3, 0.4) is 0 Å². The van der Waals surface area contributed by atoms with Crippen molar-refractivity contribution < 1.29 is 9.90 Å². The molecule has 6 heteroatoms. The number of rotatable bonds is 4. The Labute approximate surface area is 103 Å². The zero-order chi connectivity index (χ0) is 12.4. The summed E-state index contributed by atoms with van der Waals surface area (Å²) in [7, 11) is 0. The van der Waals surface area contributed by atoms with Gasteiger partial charge in [0.25, 0.3) is 0 Å². The lowest BCUT2D eigenvalue weighted by Crippen LogP contribution is -2.09. The second kappa shape index (κ2) is 4.75. The molecular weight excluding hydrogens is 238 g/mol. The fourth-order valence-corrected chi connectivity index (χ4v) is 2.34. The highest BCUT2D eigenvalue weighted by atomic mass is 32.2. The van der Waals surface area contributed by atoms with Crippen molar-refractivity contribution in [3.8, 4) is 0 Å². The number of fused-ring (bicyclic) bond motifs is 1. The third kappa shape index (κ3) is 2.26. The van der Waals surface area contributed by atoms with Crippen molar-refractivity contribution in [3.63, 3.8) is 0 Å². The number of carboxylic acids is 1. The second-order valence-corrected chi connectivity index (χ2v) is 4.76. The van der Waals surface area contributed by atoms with Crippen LogP contribution in [0.15, 0.2) is 18.2 Å². The van der Waals surface area contributed by atoms with Gasteiger partial charge in [0.15, 0.2) is 0 Å². The Balaban J connectivity index is 2.44. The van der Waals surface area contributed by atoms with Crippen LogP contribution in [-0.2, 0) is 0 Å². The molecule has 2 aromatic rings. The lowest BCUT2D eigenvalue weighted by atomic mass is 10.2. The highest BCUT2D eigenvalue weighted by molar-refractivity contribution is 7.98. The molecule has 0 saturated heterocycles. The van der Waals surface area contributed by atoms with E-state index in [1.54, 1.807) is 30.0 Å². The molecule has 2 rings (SSSR count). The van der Waals surface area contributed by atoms with Crippen LogP contribution in [0.25, 0.3) is 11.0 Å². The molecule has 90 valence electrons. The standard InChI is InChI=1S/C11H13N3O2S/c1-7(6-17-2)14-10-4-3-8(11(15)16)5-9(10)12-13-14/h3-5,7H,6H2,1-2H3,(H,15,16). The number of carboxylic acid groups (broad SMARTS) is 1. The molecule has 0 aliphatic heterocycles. The molecule has 1 unspecified atom stereocenters. The summed E-state index contributed by atoms with van der Waals surface area (Å²) in [5.74, 6) is -0.00214. The molecule has 0 fully saturated rings. The molecule has 5 nitrogen and oxygen atoms in total. The van der Waals surface area contributed by atoms with E-state index in [-0.39, 0.29) is 11.6 Å². The Morgan fingerprint density at radius 3 is 3.00 bits per heavy atom. The summed E-state index contributed by atoms with van der Waals surface area (Å²) in [6, 6.07) is 5.13. The molecule has 1 aromatic heterocycles. The van der Waals surface area contributed by atoms with Crippen molar-refractivity contribution in [3.05, 3.63) is 23.8 Å². The van der Waals surface area contributed by atoms with Crippen LogP contribution < -0.4 is 0 Å². The summed E-state index contributed by atoms with van der Waals surface area (Å²) in [5.41, 5.74) is 1.73. The van der Waals surface area contributed by atoms with Crippen LogP contribution in [-0.4, -0.2) is 38.1 Å². The maximum Gasteiger partial charge on any atom is 0.335 e. The molecule has 1 heterocycles. The maximum absolute atomic E-state index is 10.8. The first-order valence-corrected chi connectivity index (χ1v) is 6.60. The molecular formula is C11H13N3O2S. The zero-order valence-electron chi connectivity index (χ0n) is 9.62. The van der Waals surface area contributed by atoms with E-state index in [4.69, 9.17) is 5.11 Å². The summed E-state index contributed by atoms with van der Waals surface area (Å²) in [6.07, 6.45) is 2.04. The number of hydrogen-bond acceptors (Lipinski definition) is 4. The van der Waals surface area contributed by atoms with Crippen LogP contribution in [0.5, 0.6) is 0 Å². The van der Waals surface area contributed by atoms with E-state index < -0.39 is 5.97 Å². The number of aromatic nitrogens is 3. The van der Waals surface area contributed by atoms with Crippen molar-refractivity contribution in [2.45, 2.75) is 13.0 Å². The zero-order valence-corrected chi connectivity index (χ0v) is 10.4. The van der Waals surface area contributed by atoms with Gasteiger partial charge in [0.2, 0.25) is 0 Å². The summed E-state index contributed by atoms with van der Waals surface area (Å²) in [6.45, 7) is 2.07. The van der Waals surface area contributed by atoms with E-state index in [1.807, 2.05) is 10.9 Å². The summed E-state index contributed by atoms with van der Waals surface area (Å²) >= 11 is 1.74. The third-order valence-electron chi connectivity index (χ3n) is 2.54. The predicted octanol–water partition coefficient (Wildman–Crippen LogP) is 2.05. The largest absolute Gasteiger partial charge is 0.478 e. The Morgan fingerprint density at radius 1 is 1.59 bits per heavy atom. The Kier molecular flexibility index (Phi) is 3.33. The Bertz CT molecular complexity index is 553. The van der Waals surface area contributed by atoms with Gasteiger partial charge in [-0.15, -0.1) is 5.10 Å². The highest BCUT2D eigenvalue weighted by Gasteiger charge is 2.12. The first-order chi connectivity index (χ1) is 8.13. The summed E-state index contributed by atoms with van der Waals surface area (Å²) < 4.78 is 1.83. The molecule has 0 amide bonds. The average molecular weight is 251 g/mol. The van der Waals surface area contributed by atoms with Gasteiger partial charge in [-0.3, -0.25) is 0 Å². The van der Waals surface area contributed by atoms with E-state index >= 15 is 0 Å². The Morgan fingerprint density at radius 2 is 2.35 bits per heavy atom. The topological polar surface area (TPSA) is 68.0 Å². The molecule has 1 atom stereocenters. The van der Waals surface area contributed by atoms with Gasteiger partial charge in [-0.05, 0) is 31.4 Å². The molecule has 1 aromatic carbocycles. The number of nitrogens with zero attached hydrogens (tertiary/aromatic N) is 3. The van der Waals surface area contributed by atoms with Crippen molar-refractivity contribution in [1.29, 1.82) is 0 Å². The normalized spacial score (nSPS) is 12.8. The second-order valence-electron chi connectivity index (χ2n) is 3.85. The summed E-state index contributed by atoms with van der Waals surface area (Å²) in [4.78, 5) is 10.8. The summed E-state index contributed by atoms with van der Waals surface area (Å²) in [5, 5.41) is 17.0. The predicted molar refractivity (Wildman–Crippen MR) is 67.6 cm³/mol.